The molecule has 0 unspecified atom stereocenters. The summed E-state index contributed by atoms with van der Waals surface area (Å²) in [5, 5.41) is 11.6. The third kappa shape index (κ3) is 3.85. The van der Waals surface area contributed by atoms with E-state index in [0.29, 0.717) is 12.8 Å². The molecule has 0 bridgehead atoms. The summed E-state index contributed by atoms with van der Waals surface area (Å²) in [6.07, 6.45) is 1.31. The van der Waals surface area contributed by atoms with E-state index < -0.39 is 5.41 Å². The molecular weight excluding hydrogens is 558 g/mol. The predicted octanol–water partition coefficient (Wildman–Crippen LogP) is 7.88. The fraction of sp³-hybridized carbons (Fsp3) is 0.143. The van der Waals surface area contributed by atoms with E-state index >= 15 is 0 Å². The second-order valence-corrected chi connectivity index (χ2v) is 10.2. The Bertz CT molecular complexity index is 1370. The number of hydrogen-bond acceptors (Lipinski definition) is 3. The third-order valence-corrected chi connectivity index (χ3v) is 8.20. The van der Waals surface area contributed by atoms with Crippen molar-refractivity contribution in [2.75, 3.05) is 7.11 Å². The fourth-order valence-electron chi connectivity index (χ4n) is 5.13. The number of nitrogens with zero attached hydrogens (tertiary/aromatic N) is 1. The van der Waals surface area contributed by atoms with E-state index in [0.717, 1.165) is 25.8 Å². The molecule has 0 amide bonds. The average Bonchev–Trinajstić information content (AvgIpc) is 3.12. The van der Waals surface area contributed by atoms with Gasteiger partial charge in [0.05, 0.1) is 12.0 Å². The highest BCUT2D eigenvalue weighted by atomic mass is 79.9. The van der Waals surface area contributed by atoms with Gasteiger partial charge in [0.2, 0.25) is 0 Å². The summed E-state index contributed by atoms with van der Waals surface area (Å²) < 4.78 is 7.39. The standard InChI is InChI=1S/C28H21Br2NO3/c1-34-21-11-13-27(30)19(15-21)17-28(16-18-14-20(31(32)33)10-12-26(18)29)24-8-4-2-6-22(24)23-7-3-5-9-25(23)28/h2-15H,16-17H2,1H3. The molecule has 34 heavy (non-hydrogen) atoms. The van der Waals surface area contributed by atoms with Crippen LogP contribution in [0.15, 0.2) is 93.9 Å². The normalized spacial score (nSPS) is 13.3. The summed E-state index contributed by atoms with van der Waals surface area (Å²) >= 11 is 7.41. The number of ether oxygens (including phenoxy) is 1. The molecule has 1 aliphatic rings. The highest BCUT2D eigenvalue weighted by Gasteiger charge is 2.43. The van der Waals surface area contributed by atoms with E-state index in [1.807, 2.05) is 12.1 Å². The van der Waals surface area contributed by atoms with E-state index in [2.05, 4.69) is 86.5 Å². The lowest BCUT2D eigenvalue weighted by Crippen LogP contribution is -2.31. The number of nitro groups is 1. The Morgan fingerprint density at radius 1 is 0.794 bits per heavy atom. The van der Waals surface area contributed by atoms with E-state index in [-0.39, 0.29) is 10.6 Å². The topological polar surface area (TPSA) is 52.4 Å². The van der Waals surface area contributed by atoms with Crippen molar-refractivity contribution >= 4 is 37.5 Å². The number of fused-ring (bicyclic) bond motifs is 3. The van der Waals surface area contributed by atoms with Crippen molar-refractivity contribution in [2.45, 2.75) is 18.3 Å². The first-order valence-corrected chi connectivity index (χ1v) is 12.5. The van der Waals surface area contributed by atoms with Crippen LogP contribution in [0.3, 0.4) is 0 Å². The van der Waals surface area contributed by atoms with Gasteiger partial charge in [0, 0.05) is 26.5 Å². The highest BCUT2D eigenvalue weighted by Crippen LogP contribution is 2.53. The molecule has 0 fully saturated rings. The van der Waals surface area contributed by atoms with Crippen molar-refractivity contribution in [3.8, 4) is 16.9 Å². The van der Waals surface area contributed by atoms with Crippen LogP contribution in [0.4, 0.5) is 5.69 Å². The van der Waals surface area contributed by atoms with Gasteiger partial charge < -0.3 is 4.74 Å². The first-order chi connectivity index (χ1) is 16.4. The zero-order valence-electron chi connectivity index (χ0n) is 18.4. The van der Waals surface area contributed by atoms with Gasteiger partial charge in [-0.2, -0.15) is 0 Å². The molecule has 4 nitrogen and oxygen atoms in total. The zero-order chi connectivity index (χ0) is 23.9. The maximum Gasteiger partial charge on any atom is 0.269 e. The van der Waals surface area contributed by atoms with Crippen molar-refractivity contribution in [2.24, 2.45) is 0 Å². The Hall–Kier alpha value is -2.96. The van der Waals surface area contributed by atoms with Crippen LogP contribution in [0.1, 0.15) is 22.3 Å². The molecule has 4 aromatic rings. The van der Waals surface area contributed by atoms with Crippen LogP contribution in [-0.4, -0.2) is 12.0 Å². The predicted molar refractivity (Wildman–Crippen MR) is 142 cm³/mol. The molecule has 0 aliphatic heterocycles. The van der Waals surface area contributed by atoms with Crippen molar-refractivity contribution in [1.29, 1.82) is 0 Å². The average molecular weight is 579 g/mol. The summed E-state index contributed by atoms with van der Waals surface area (Å²) in [6.45, 7) is 0. The Labute approximate surface area is 215 Å². The largest absolute Gasteiger partial charge is 0.497 e. The molecule has 0 N–H and O–H groups in total. The van der Waals surface area contributed by atoms with Gasteiger partial charge in [-0.15, -0.1) is 0 Å². The van der Waals surface area contributed by atoms with Gasteiger partial charge in [0.1, 0.15) is 5.75 Å². The third-order valence-electron chi connectivity index (χ3n) is 6.65. The van der Waals surface area contributed by atoms with Crippen LogP contribution in [0.25, 0.3) is 11.1 Å². The van der Waals surface area contributed by atoms with Gasteiger partial charge in [0.15, 0.2) is 0 Å². The van der Waals surface area contributed by atoms with Crippen LogP contribution < -0.4 is 4.74 Å². The van der Waals surface area contributed by atoms with E-state index in [9.17, 15) is 10.1 Å². The van der Waals surface area contributed by atoms with Gasteiger partial charge in [-0.3, -0.25) is 10.1 Å². The lowest BCUT2D eigenvalue weighted by Gasteiger charge is -2.33. The zero-order valence-corrected chi connectivity index (χ0v) is 21.6. The van der Waals surface area contributed by atoms with Crippen molar-refractivity contribution in [3.63, 3.8) is 0 Å². The summed E-state index contributed by atoms with van der Waals surface area (Å²) in [7, 11) is 1.67. The molecule has 0 atom stereocenters. The van der Waals surface area contributed by atoms with Gasteiger partial charge in [-0.1, -0.05) is 80.4 Å². The minimum atomic E-state index is -0.417. The van der Waals surface area contributed by atoms with Crippen LogP contribution in [0, 0.1) is 10.1 Å². The fourth-order valence-corrected chi connectivity index (χ4v) is 5.91. The Balaban J connectivity index is 1.76. The van der Waals surface area contributed by atoms with Crippen LogP contribution >= 0.6 is 31.9 Å². The van der Waals surface area contributed by atoms with E-state index in [4.69, 9.17) is 4.74 Å². The first-order valence-electron chi connectivity index (χ1n) is 10.9. The van der Waals surface area contributed by atoms with Crippen LogP contribution in [0.5, 0.6) is 5.75 Å². The lowest BCUT2D eigenvalue weighted by atomic mass is 9.69. The molecule has 0 aromatic heterocycles. The number of hydrogen-bond donors (Lipinski definition) is 0. The number of methoxy groups -OCH3 is 1. The molecule has 5 rings (SSSR count). The number of benzene rings is 4. The van der Waals surface area contributed by atoms with Gasteiger partial charge in [-0.25, -0.2) is 0 Å². The molecule has 0 heterocycles. The number of rotatable bonds is 6. The molecule has 0 radical (unpaired) electrons. The lowest BCUT2D eigenvalue weighted by molar-refractivity contribution is -0.384. The Morgan fingerprint density at radius 3 is 1.88 bits per heavy atom. The quantitative estimate of drug-likeness (QED) is 0.173. The maximum atomic E-state index is 11.6. The van der Waals surface area contributed by atoms with Gasteiger partial charge in [0.25, 0.3) is 5.69 Å². The maximum absolute atomic E-state index is 11.6. The summed E-state index contributed by atoms with van der Waals surface area (Å²) in [6, 6.07) is 28.0. The molecule has 0 spiro atoms. The summed E-state index contributed by atoms with van der Waals surface area (Å²) in [5.74, 6) is 0.796. The monoisotopic (exact) mass is 577 g/mol. The Kier molecular flexibility index (Phi) is 6.04. The van der Waals surface area contributed by atoms with Gasteiger partial charge in [-0.05, 0) is 70.5 Å². The number of non-ortho nitro benzene ring substituents is 1. The van der Waals surface area contributed by atoms with Gasteiger partial charge >= 0.3 is 0 Å². The van der Waals surface area contributed by atoms with E-state index in [1.54, 1.807) is 19.2 Å². The van der Waals surface area contributed by atoms with Crippen LogP contribution in [-0.2, 0) is 18.3 Å². The second-order valence-electron chi connectivity index (χ2n) is 8.52. The molecule has 0 saturated carbocycles. The highest BCUT2D eigenvalue weighted by molar-refractivity contribution is 9.10. The minimum Gasteiger partial charge on any atom is -0.497 e. The summed E-state index contributed by atoms with van der Waals surface area (Å²) in [4.78, 5) is 11.2. The molecule has 170 valence electrons. The van der Waals surface area contributed by atoms with Crippen molar-refractivity contribution < 1.29 is 9.66 Å². The SMILES string of the molecule is COc1ccc(Br)c(CC2(Cc3cc([N+](=O)[O-])ccc3Br)c3ccccc3-c3ccccc32)c1. The summed E-state index contributed by atoms with van der Waals surface area (Å²) in [5.41, 5.74) is 6.56. The molecule has 4 aromatic carbocycles. The molecule has 0 saturated heterocycles. The number of halogens is 2. The smallest absolute Gasteiger partial charge is 0.269 e. The second kappa shape index (κ2) is 9.01. The van der Waals surface area contributed by atoms with Crippen molar-refractivity contribution in [1.82, 2.24) is 0 Å². The Morgan fingerprint density at radius 2 is 1.32 bits per heavy atom. The minimum absolute atomic E-state index is 0.0930. The van der Waals surface area contributed by atoms with Crippen molar-refractivity contribution in [3.05, 3.63) is 126 Å². The van der Waals surface area contributed by atoms with E-state index in [1.165, 1.54) is 28.3 Å². The molecule has 6 heteroatoms. The first kappa shape index (κ1) is 22.8. The number of nitro benzene ring substituents is 1. The van der Waals surface area contributed by atoms with Crippen LogP contribution in [0.2, 0.25) is 0 Å². The molecule has 1 aliphatic carbocycles. The molecular formula is C28H21Br2NO3.